The molecule has 0 aliphatic heterocycles. The number of thiazole rings is 1. The van der Waals surface area contributed by atoms with Crippen molar-refractivity contribution in [3.8, 4) is 0 Å². The van der Waals surface area contributed by atoms with Gasteiger partial charge < -0.3 is 10.4 Å². The first-order chi connectivity index (χ1) is 10.1. The fourth-order valence-electron chi connectivity index (χ4n) is 1.86. The number of halogens is 1. The molecule has 2 heterocycles. The van der Waals surface area contributed by atoms with Crippen LogP contribution in [0.25, 0.3) is 0 Å². The first-order valence-corrected chi connectivity index (χ1v) is 7.93. The number of nitrogens with one attached hydrogen (secondary N) is 2. The summed E-state index contributed by atoms with van der Waals surface area (Å²) in [7, 11) is 0. The summed E-state index contributed by atoms with van der Waals surface area (Å²) < 4.78 is 0.702. The number of nitrogens with zero attached hydrogens (tertiary/aromatic N) is 2. The lowest BCUT2D eigenvalue weighted by Crippen LogP contribution is -2.23. The largest absolute Gasteiger partial charge is 0.476 e. The van der Waals surface area contributed by atoms with Gasteiger partial charge in [-0.1, -0.05) is 0 Å². The molecule has 0 unspecified atom stereocenters. The van der Waals surface area contributed by atoms with Crippen LogP contribution in [0, 0.1) is 0 Å². The Hall–Kier alpha value is -1.74. The summed E-state index contributed by atoms with van der Waals surface area (Å²) in [5.41, 5.74) is 1.26. The number of H-pyrrole nitrogens is 1. The van der Waals surface area contributed by atoms with Crippen LogP contribution in [0.3, 0.4) is 0 Å². The van der Waals surface area contributed by atoms with E-state index in [1.165, 1.54) is 16.7 Å². The van der Waals surface area contributed by atoms with Crippen molar-refractivity contribution >= 4 is 39.1 Å². The highest BCUT2D eigenvalue weighted by molar-refractivity contribution is 9.10. The van der Waals surface area contributed by atoms with E-state index in [4.69, 9.17) is 5.11 Å². The first kappa shape index (κ1) is 14.2. The standard InChI is InChI=1S/C12H11BrN4O3S/c13-8-9(5-1-2-5)16-17-10(8)11(18)14-3-7-15-6(4-21-7)12(19)20/h4-5H,1-3H2,(H,14,18)(H,16,17)(H,19,20). The van der Waals surface area contributed by atoms with Crippen molar-refractivity contribution in [3.63, 3.8) is 0 Å². The molecule has 3 N–H and O–H groups in total. The summed E-state index contributed by atoms with van der Waals surface area (Å²) in [6.07, 6.45) is 2.22. The van der Waals surface area contributed by atoms with Crippen molar-refractivity contribution in [3.05, 3.63) is 31.9 Å². The second-order valence-electron chi connectivity index (χ2n) is 4.69. The van der Waals surface area contributed by atoms with Gasteiger partial charge in [-0.2, -0.15) is 5.10 Å². The van der Waals surface area contributed by atoms with Gasteiger partial charge >= 0.3 is 5.97 Å². The van der Waals surface area contributed by atoms with Gasteiger partial charge in [0, 0.05) is 11.3 Å². The van der Waals surface area contributed by atoms with Gasteiger partial charge in [-0.05, 0) is 28.8 Å². The average molecular weight is 371 g/mol. The molecule has 1 saturated carbocycles. The number of aromatic nitrogens is 3. The number of rotatable bonds is 5. The Labute approximate surface area is 131 Å². The van der Waals surface area contributed by atoms with Crippen molar-refractivity contribution < 1.29 is 14.7 Å². The topological polar surface area (TPSA) is 108 Å². The SMILES string of the molecule is O=C(O)c1csc(CNC(=O)c2n[nH]c(C3CC3)c2Br)n1. The number of amides is 1. The van der Waals surface area contributed by atoms with Crippen LogP contribution in [0.4, 0.5) is 0 Å². The third-order valence-corrected chi connectivity index (χ3v) is 4.76. The molecule has 0 aromatic carbocycles. The maximum Gasteiger partial charge on any atom is 0.355 e. The molecular formula is C12H11BrN4O3S. The van der Waals surface area contributed by atoms with Crippen LogP contribution in [-0.4, -0.2) is 32.2 Å². The van der Waals surface area contributed by atoms with Gasteiger partial charge in [-0.3, -0.25) is 9.89 Å². The Morgan fingerprint density at radius 2 is 2.29 bits per heavy atom. The summed E-state index contributed by atoms with van der Waals surface area (Å²) in [5.74, 6) is -0.935. The summed E-state index contributed by atoms with van der Waals surface area (Å²) >= 11 is 4.59. The predicted molar refractivity (Wildman–Crippen MR) is 78.5 cm³/mol. The summed E-state index contributed by atoms with van der Waals surface area (Å²) in [6.45, 7) is 0.175. The van der Waals surface area contributed by atoms with Crippen LogP contribution >= 0.6 is 27.3 Å². The van der Waals surface area contributed by atoms with Gasteiger partial charge in [-0.25, -0.2) is 9.78 Å². The van der Waals surface area contributed by atoms with E-state index in [2.05, 4.69) is 36.4 Å². The number of aromatic carboxylic acids is 1. The Kier molecular flexibility index (Phi) is 3.77. The highest BCUT2D eigenvalue weighted by Crippen LogP contribution is 2.42. The Bertz CT molecular complexity index is 707. The lowest BCUT2D eigenvalue weighted by molar-refractivity contribution is 0.0691. The molecule has 2 aromatic heterocycles. The highest BCUT2D eigenvalue weighted by Gasteiger charge is 2.30. The lowest BCUT2D eigenvalue weighted by atomic mass is 10.2. The molecular weight excluding hydrogens is 360 g/mol. The number of carbonyl (C=O) groups is 2. The highest BCUT2D eigenvalue weighted by atomic mass is 79.9. The summed E-state index contributed by atoms with van der Waals surface area (Å²) in [6, 6.07) is 0. The van der Waals surface area contributed by atoms with Crippen molar-refractivity contribution in [1.82, 2.24) is 20.5 Å². The maximum atomic E-state index is 12.1. The van der Waals surface area contributed by atoms with Gasteiger partial charge in [0.1, 0.15) is 5.01 Å². The molecule has 21 heavy (non-hydrogen) atoms. The fraction of sp³-hybridized carbons (Fsp3) is 0.333. The smallest absolute Gasteiger partial charge is 0.355 e. The second-order valence-corrected chi connectivity index (χ2v) is 6.42. The van der Waals surface area contributed by atoms with E-state index in [1.807, 2.05) is 0 Å². The monoisotopic (exact) mass is 370 g/mol. The minimum atomic E-state index is -1.08. The van der Waals surface area contributed by atoms with Crippen molar-refractivity contribution in [2.24, 2.45) is 0 Å². The number of carboxylic acids is 1. The maximum absolute atomic E-state index is 12.1. The molecule has 1 aliphatic rings. The van der Waals surface area contributed by atoms with Gasteiger partial charge in [0.15, 0.2) is 11.4 Å². The number of carboxylic acid groups (broad SMARTS) is 1. The second kappa shape index (κ2) is 5.57. The van der Waals surface area contributed by atoms with E-state index in [9.17, 15) is 9.59 Å². The predicted octanol–water partition coefficient (Wildman–Crippen LogP) is 2.13. The molecule has 1 aliphatic carbocycles. The molecule has 0 bridgehead atoms. The Balaban J connectivity index is 1.64. The quantitative estimate of drug-likeness (QED) is 0.746. The molecule has 0 saturated heterocycles. The molecule has 110 valence electrons. The molecule has 0 spiro atoms. The Morgan fingerprint density at radius 3 is 2.90 bits per heavy atom. The normalized spacial score (nSPS) is 14.1. The van der Waals surface area contributed by atoms with Crippen LogP contribution in [0.2, 0.25) is 0 Å². The average Bonchev–Trinajstić information content (AvgIpc) is 3.04. The lowest BCUT2D eigenvalue weighted by Gasteiger charge is -2.00. The van der Waals surface area contributed by atoms with Gasteiger partial charge in [0.05, 0.1) is 16.7 Å². The van der Waals surface area contributed by atoms with Crippen LogP contribution in [0.1, 0.15) is 50.4 Å². The molecule has 1 amide bonds. The van der Waals surface area contributed by atoms with Crippen LogP contribution < -0.4 is 5.32 Å². The minimum Gasteiger partial charge on any atom is -0.476 e. The van der Waals surface area contributed by atoms with Crippen molar-refractivity contribution in [1.29, 1.82) is 0 Å². The molecule has 7 nitrogen and oxygen atoms in total. The third kappa shape index (κ3) is 2.98. The van der Waals surface area contributed by atoms with E-state index in [0.717, 1.165) is 18.5 Å². The van der Waals surface area contributed by atoms with Gasteiger partial charge in [0.2, 0.25) is 0 Å². The van der Waals surface area contributed by atoms with E-state index < -0.39 is 5.97 Å². The zero-order valence-corrected chi connectivity index (χ0v) is 13.1. The van der Waals surface area contributed by atoms with E-state index in [0.29, 0.717) is 21.1 Å². The zero-order valence-electron chi connectivity index (χ0n) is 10.7. The molecule has 2 aromatic rings. The molecule has 1 fully saturated rings. The molecule has 9 heteroatoms. The van der Waals surface area contributed by atoms with Crippen LogP contribution in [0.15, 0.2) is 9.85 Å². The van der Waals surface area contributed by atoms with E-state index in [-0.39, 0.29) is 18.1 Å². The fourth-order valence-corrected chi connectivity index (χ4v) is 3.25. The Morgan fingerprint density at radius 1 is 1.52 bits per heavy atom. The van der Waals surface area contributed by atoms with Crippen LogP contribution in [0.5, 0.6) is 0 Å². The van der Waals surface area contributed by atoms with Crippen molar-refractivity contribution in [2.75, 3.05) is 0 Å². The molecule has 0 radical (unpaired) electrons. The number of hydrogen-bond donors (Lipinski definition) is 3. The van der Waals surface area contributed by atoms with Gasteiger partial charge in [-0.15, -0.1) is 11.3 Å². The van der Waals surface area contributed by atoms with E-state index >= 15 is 0 Å². The van der Waals surface area contributed by atoms with Crippen LogP contribution in [-0.2, 0) is 6.54 Å². The van der Waals surface area contributed by atoms with Crippen molar-refractivity contribution in [2.45, 2.75) is 25.3 Å². The summed E-state index contributed by atoms with van der Waals surface area (Å²) in [5, 5.41) is 20.4. The summed E-state index contributed by atoms with van der Waals surface area (Å²) in [4.78, 5) is 26.7. The zero-order chi connectivity index (χ0) is 15.0. The minimum absolute atomic E-state index is 0.0128. The first-order valence-electron chi connectivity index (χ1n) is 6.26. The third-order valence-electron chi connectivity index (χ3n) is 3.10. The number of hydrogen-bond acceptors (Lipinski definition) is 5. The van der Waals surface area contributed by atoms with E-state index in [1.54, 1.807) is 0 Å². The van der Waals surface area contributed by atoms with Gasteiger partial charge in [0.25, 0.3) is 5.91 Å². The molecule has 0 atom stereocenters. The molecule has 3 rings (SSSR count). The number of carbonyl (C=O) groups excluding carboxylic acids is 1. The number of aromatic amines is 1.